The Bertz CT molecular complexity index is 569. The molecule has 1 aliphatic rings. The summed E-state index contributed by atoms with van der Waals surface area (Å²) in [7, 11) is 0. The quantitative estimate of drug-likeness (QED) is 0.807. The van der Waals surface area contributed by atoms with Crippen LogP contribution in [-0.2, 0) is 0 Å². The fourth-order valence-corrected chi connectivity index (χ4v) is 3.90. The van der Waals surface area contributed by atoms with Crippen molar-refractivity contribution in [1.29, 1.82) is 0 Å². The molecule has 0 saturated heterocycles. The summed E-state index contributed by atoms with van der Waals surface area (Å²) in [6, 6.07) is 13.9. The van der Waals surface area contributed by atoms with Crippen LogP contribution in [0.2, 0.25) is 5.02 Å². The molecule has 0 aliphatic heterocycles. The minimum absolute atomic E-state index is 0.463. The zero-order valence-electron chi connectivity index (χ0n) is 11.9. The largest absolute Gasteiger partial charge is 0.307 e. The molecule has 0 spiro atoms. The fourth-order valence-electron chi connectivity index (χ4n) is 2.88. The third-order valence-corrected chi connectivity index (χ3v) is 5.59. The second kappa shape index (κ2) is 5.88. The van der Waals surface area contributed by atoms with Crippen LogP contribution in [-0.4, -0.2) is 6.04 Å². The highest BCUT2D eigenvalue weighted by Crippen LogP contribution is 2.38. The van der Waals surface area contributed by atoms with Gasteiger partial charge in [0.2, 0.25) is 0 Å². The van der Waals surface area contributed by atoms with Crippen LogP contribution < -0.4 is 5.32 Å². The lowest BCUT2D eigenvalue weighted by molar-refractivity contribution is 0.272. The van der Waals surface area contributed by atoms with Gasteiger partial charge in [0.1, 0.15) is 0 Å². The van der Waals surface area contributed by atoms with Gasteiger partial charge in [-0.1, -0.05) is 23.7 Å². The van der Waals surface area contributed by atoms with E-state index in [0.717, 1.165) is 5.02 Å². The maximum Gasteiger partial charge on any atom is 0.0406 e. The molecule has 1 heterocycles. The van der Waals surface area contributed by atoms with Crippen LogP contribution >= 0.6 is 22.9 Å². The lowest BCUT2D eigenvalue weighted by atomic mass is 9.75. The smallest absolute Gasteiger partial charge is 0.0406 e. The summed E-state index contributed by atoms with van der Waals surface area (Å²) in [5.41, 5.74) is 1.42. The molecule has 0 amide bonds. The minimum Gasteiger partial charge on any atom is -0.307 e. The molecular formula is C17H20ClNS. The van der Waals surface area contributed by atoms with E-state index in [1.807, 2.05) is 23.5 Å². The number of hydrogen-bond donors (Lipinski definition) is 1. The van der Waals surface area contributed by atoms with Gasteiger partial charge in [-0.3, -0.25) is 0 Å². The van der Waals surface area contributed by atoms with Gasteiger partial charge in [-0.2, -0.15) is 0 Å². The average molecular weight is 306 g/mol. The van der Waals surface area contributed by atoms with Crippen LogP contribution in [0, 0.1) is 6.92 Å². The SMILES string of the molecule is Cc1ccc(C(C)NC2CC(c3ccc(Cl)cc3)C2)s1. The molecule has 2 aromatic rings. The van der Waals surface area contributed by atoms with Crippen LogP contribution in [0.25, 0.3) is 0 Å². The maximum atomic E-state index is 5.93. The zero-order chi connectivity index (χ0) is 14.1. The lowest BCUT2D eigenvalue weighted by Crippen LogP contribution is -2.41. The third-order valence-electron chi connectivity index (χ3n) is 4.15. The first kappa shape index (κ1) is 14.1. The second-order valence-corrected chi connectivity index (χ2v) is 7.51. The minimum atomic E-state index is 0.463. The lowest BCUT2D eigenvalue weighted by Gasteiger charge is -2.38. The predicted octanol–water partition coefficient (Wildman–Crippen LogP) is 5.31. The topological polar surface area (TPSA) is 12.0 Å². The highest BCUT2D eigenvalue weighted by molar-refractivity contribution is 7.12. The Balaban J connectivity index is 1.52. The standard InChI is InChI=1S/C17H20ClNS/c1-11-3-8-17(20-11)12(2)19-16-9-14(10-16)13-4-6-15(18)7-5-13/h3-8,12,14,16,19H,9-10H2,1-2H3. The Morgan fingerprint density at radius 3 is 2.45 bits per heavy atom. The molecule has 1 saturated carbocycles. The van der Waals surface area contributed by atoms with Gasteiger partial charge in [-0.05, 0) is 62.4 Å². The Kier molecular flexibility index (Phi) is 4.16. The first-order valence-electron chi connectivity index (χ1n) is 7.19. The summed E-state index contributed by atoms with van der Waals surface area (Å²) in [5, 5.41) is 4.56. The van der Waals surface area contributed by atoms with Gasteiger partial charge in [-0.25, -0.2) is 0 Å². The van der Waals surface area contributed by atoms with Gasteiger partial charge >= 0.3 is 0 Å². The van der Waals surface area contributed by atoms with E-state index in [0.29, 0.717) is 18.0 Å². The molecular weight excluding hydrogens is 286 g/mol. The highest BCUT2D eigenvalue weighted by Gasteiger charge is 2.31. The fraction of sp³-hybridized carbons (Fsp3) is 0.412. The van der Waals surface area contributed by atoms with Crippen molar-refractivity contribution in [3.63, 3.8) is 0 Å². The summed E-state index contributed by atoms with van der Waals surface area (Å²) < 4.78 is 0. The van der Waals surface area contributed by atoms with E-state index in [-0.39, 0.29) is 0 Å². The summed E-state index contributed by atoms with van der Waals surface area (Å²) in [4.78, 5) is 2.83. The van der Waals surface area contributed by atoms with Crippen LogP contribution in [0.15, 0.2) is 36.4 Å². The molecule has 3 heteroatoms. The van der Waals surface area contributed by atoms with E-state index in [1.54, 1.807) is 0 Å². The highest BCUT2D eigenvalue weighted by atomic mass is 35.5. The van der Waals surface area contributed by atoms with Crippen molar-refractivity contribution in [2.24, 2.45) is 0 Å². The molecule has 1 aromatic carbocycles. The van der Waals surface area contributed by atoms with Crippen molar-refractivity contribution in [1.82, 2.24) is 5.32 Å². The number of thiophene rings is 1. The number of nitrogens with one attached hydrogen (secondary N) is 1. The number of benzene rings is 1. The van der Waals surface area contributed by atoms with Gasteiger partial charge in [0.05, 0.1) is 0 Å². The first-order chi connectivity index (χ1) is 9.61. The molecule has 0 bridgehead atoms. The van der Waals surface area contributed by atoms with Crippen LogP contribution in [0.4, 0.5) is 0 Å². The van der Waals surface area contributed by atoms with Crippen molar-refractivity contribution >= 4 is 22.9 Å². The summed E-state index contributed by atoms with van der Waals surface area (Å²) in [6.07, 6.45) is 2.46. The normalized spacial score (nSPS) is 23.4. The van der Waals surface area contributed by atoms with E-state index < -0.39 is 0 Å². The van der Waals surface area contributed by atoms with Crippen molar-refractivity contribution in [2.75, 3.05) is 0 Å². The van der Waals surface area contributed by atoms with Gasteiger partial charge in [0.25, 0.3) is 0 Å². The number of rotatable bonds is 4. The van der Waals surface area contributed by atoms with Crippen molar-refractivity contribution in [2.45, 2.75) is 44.7 Å². The number of hydrogen-bond acceptors (Lipinski definition) is 2. The van der Waals surface area contributed by atoms with E-state index in [4.69, 9.17) is 11.6 Å². The molecule has 0 radical (unpaired) electrons. The Morgan fingerprint density at radius 2 is 1.85 bits per heavy atom. The van der Waals surface area contributed by atoms with Crippen molar-refractivity contribution in [3.8, 4) is 0 Å². The molecule has 3 rings (SSSR count). The zero-order valence-corrected chi connectivity index (χ0v) is 13.5. The number of aryl methyl sites for hydroxylation is 1. The Hall–Kier alpha value is -0.830. The van der Waals surface area contributed by atoms with E-state index in [1.165, 1.54) is 28.2 Å². The van der Waals surface area contributed by atoms with E-state index in [9.17, 15) is 0 Å². The summed E-state index contributed by atoms with van der Waals surface area (Å²) >= 11 is 7.83. The summed E-state index contributed by atoms with van der Waals surface area (Å²) in [6.45, 7) is 4.43. The molecule has 1 aliphatic carbocycles. The van der Waals surface area contributed by atoms with Gasteiger partial charge in [-0.15, -0.1) is 11.3 Å². The van der Waals surface area contributed by atoms with Crippen LogP contribution in [0.5, 0.6) is 0 Å². The average Bonchev–Trinajstić information content (AvgIpc) is 2.81. The first-order valence-corrected chi connectivity index (χ1v) is 8.39. The molecule has 106 valence electrons. The summed E-state index contributed by atoms with van der Waals surface area (Å²) in [5.74, 6) is 0.696. The van der Waals surface area contributed by atoms with Gasteiger partial charge in [0.15, 0.2) is 0 Å². The van der Waals surface area contributed by atoms with Crippen molar-refractivity contribution in [3.05, 3.63) is 56.7 Å². The van der Waals surface area contributed by atoms with Crippen LogP contribution in [0.3, 0.4) is 0 Å². The van der Waals surface area contributed by atoms with E-state index in [2.05, 4.69) is 43.4 Å². The molecule has 1 unspecified atom stereocenters. The Labute approximate surface area is 130 Å². The van der Waals surface area contributed by atoms with E-state index >= 15 is 0 Å². The Morgan fingerprint density at radius 1 is 1.15 bits per heavy atom. The second-order valence-electron chi connectivity index (χ2n) is 5.75. The predicted molar refractivity (Wildman–Crippen MR) is 87.8 cm³/mol. The molecule has 1 nitrogen and oxygen atoms in total. The molecule has 1 aromatic heterocycles. The molecule has 20 heavy (non-hydrogen) atoms. The van der Waals surface area contributed by atoms with Crippen LogP contribution in [0.1, 0.15) is 47.0 Å². The monoisotopic (exact) mass is 305 g/mol. The van der Waals surface area contributed by atoms with Gasteiger partial charge in [0, 0.05) is 26.9 Å². The van der Waals surface area contributed by atoms with Gasteiger partial charge < -0.3 is 5.32 Å². The number of halogens is 1. The molecule has 1 fully saturated rings. The molecule has 1 atom stereocenters. The molecule has 1 N–H and O–H groups in total. The maximum absolute atomic E-state index is 5.93. The van der Waals surface area contributed by atoms with Crippen molar-refractivity contribution < 1.29 is 0 Å². The third kappa shape index (κ3) is 3.08.